The Morgan fingerprint density at radius 3 is 2.60 bits per heavy atom. The molecule has 0 spiro atoms. The molecule has 0 aromatic rings. The standard InChI is InChI=1S/C5H10N2S2.K.H/c8-5-9-7-3-1-6-2-4-7;;/h5-6H,1-4H2;;/q;+1;-1. The molecule has 1 aliphatic rings. The van der Waals surface area contributed by atoms with Gasteiger partial charge in [-0.1, -0.05) is 12.2 Å². The molecule has 2 nitrogen and oxygen atoms in total. The summed E-state index contributed by atoms with van der Waals surface area (Å²) >= 11 is 6.34. The predicted molar refractivity (Wildman–Crippen MR) is 46.8 cm³/mol. The van der Waals surface area contributed by atoms with E-state index in [0.717, 1.165) is 26.2 Å². The van der Waals surface area contributed by atoms with E-state index in [9.17, 15) is 0 Å². The third-order valence-electron chi connectivity index (χ3n) is 1.27. The summed E-state index contributed by atoms with van der Waals surface area (Å²) in [4.78, 5) is 0. The molecule has 0 radical (unpaired) electrons. The van der Waals surface area contributed by atoms with Gasteiger partial charge in [0.2, 0.25) is 0 Å². The number of piperazine rings is 1. The van der Waals surface area contributed by atoms with Crippen molar-refractivity contribution in [2.45, 2.75) is 0 Å². The molecule has 1 saturated heterocycles. The predicted octanol–water partition coefficient (Wildman–Crippen LogP) is -2.39. The molecule has 0 atom stereocenters. The van der Waals surface area contributed by atoms with Crippen molar-refractivity contribution in [2.24, 2.45) is 0 Å². The van der Waals surface area contributed by atoms with Gasteiger partial charge in [0.1, 0.15) is 0 Å². The maximum Gasteiger partial charge on any atom is 1.00 e. The first kappa shape index (κ1) is 12.0. The molecule has 1 rings (SSSR count). The number of hydrogen-bond donors (Lipinski definition) is 1. The van der Waals surface area contributed by atoms with Crippen LogP contribution in [0, 0.1) is 0 Å². The maximum atomic E-state index is 4.71. The normalized spacial score (nSPS) is 19.6. The van der Waals surface area contributed by atoms with Crippen LogP contribution in [0.25, 0.3) is 0 Å². The molecule has 54 valence electrons. The van der Waals surface area contributed by atoms with E-state index in [1.54, 1.807) is 16.6 Å². The van der Waals surface area contributed by atoms with Crippen LogP contribution in [0.15, 0.2) is 0 Å². The fourth-order valence-corrected chi connectivity index (χ4v) is 1.69. The van der Waals surface area contributed by atoms with Gasteiger partial charge in [0.25, 0.3) is 0 Å². The summed E-state index contributed by atoms with van der Waals surface area (Å²) in [5.41, 5.74) is 0. The van der Waals surface area contributed by atoms with Crippen LogP contribution in [0.5, 0.6) is 0 Å². The molecule has 1 fully saturated rings. The largest absolute Gasteiger partial charge is 1.00 e. The summed E-state index contributed by atoms with van der Waals surface area (Å²) in [7, 11) is 0. The van der Waals surface area contributed by atoms with Crippen molar-refractivity contribution in [3.8, 4) is 0 Å². The molecule has 0 aromatic heterocycles. The molecule has 0 saturated carbocycles. The van der Waals surface area contributed by atoms with Crippen LogP contribution < -0.4 is 56.7 Å². The number of rotatable bonds is 2. The molecule has 0 aliphatic carbocycles. The molecule has 0 bridgehead atoms. The fraction of sp³-hybridized carbons (Fsp3) is 0.800. The van der Waals surface area contributed by atoms with Gasteiger partial charge in [0.15, 0.2) is 0 Å². The molecule has 0 aromatic carbocycles. The monoisotopic (exact) mass is 202 g/mol. The molecular formula is C5H11KN2S2. The Hall–Kier alpha value is 2.00. The van der Waals surface area contributed by atoms with Crippen LogP contribution in [0.4, 0.5) is 0 Å². The second-order valence-electron chi connectivity index (χ2n) is 1.88. The van der Waals surface area contributed by atoms with Gasteiger partial charge in [-0.05, 0) is 11.9 Å². The van der Waals surface area contributed by atoms with Crippen molar-refractivity contribution in [3.05, 3.63) is 0 Å². The summed E-state index contributed by atoms with van der Waals surface area (Å²) in [6, 6.07) is 0. The van der Waals surface area contributed by atoms with Crippen molar-refractivity contribution < 1.29 is 52.8 Å². The van der Waals surface area contributed by atoms with Crippen LogP contribution in [0.1, 0.15) is 1.43 Å². The van der Waals surface area contributed by atoms with Crippen LogP contribution in [0.2, 0.25) is 0 Å². The van der Waals surface area contributed by atoms with E-state index in [1.807, 2.05) is 0 Å². The number of thiocarbonyl (C=S) groups is 1. The third kappa shape index (κ3) is 4.79. The zero-order chi connectivity index (χ0) is 6.53. The SMILES string of the molecule is S=CSN1CCNCC1.[H-].[K+]. The molecule has 1 heterocycles. The summed E-state index contributed by atoms with van der Waals surface area (Å²) in [6.07, 6.45) is 0. The molecule has 10 heavy (non-hydrogen) atoms. The topological polar surface area (TPSA) is 15.3 Å². The van der Waals surface area contributed by atoms with E-state index in [0.29, 0.717) is 0 Å². The van der Waals surface area contributed by atoms with Gasteiger partial charge in [-0.3, -0.25) is 0 Å². The number of nitrogens with zero attached hydrogens (tertiary/aromatic N) is 1. The van der Waals surface area contributed by atoms with Crippen LogP contribution in [-0.2, 0) is 0 Å². The molecule has 1 aliphatic heterocycles. The molecule has 1 N–H and O–H groups in total. The van der Waals surface area contributed by atoms with Crippen molar-refractivity contribution >= 4 is 28.9 Å². The zero-order valence-corrected chi connectivity index (χ0v) is 10.9. The Labute approximate surface area is 116 Å². The van der Waals surface area contributed by atoms with Crippen LogP contribution >= 0.6 is 24.2 Å². The summed E-state index contributed by atoms with van der Waals surface area (Å²) in [5.74, 6) is 0. The van der Waals surface area contributed by atoms with E-state index >= 15 is 0 Å². The minimum absolute atomic E-state index is 0. The van der Waals surface area contributed by atoms with Crippen molar-refractivity contribution in [1.82, 2.24) is 9.62 Å². The Bertz CT molecular complexity index is 100. The van der Waals surface area contributed by atoms with Crippen molar-refractivity contribution in [2.75, 3.05) is 26.2 Å². The van der Waals surface area contributed by atoms with E-state index in [1.165, 1.54) is 0 Å². The van der Waals surface area contributed by atoms with Crippen molar-refractivity contribution in [1.29, 1.82) is 0 Å². The van der Waals surface area contributed by atoms with Gasteiger partial charge >= 0.3 is 51.4 Å². The maximum absolute atomic E-state index is 4.71. The van der Waals surface area contributed by atoms with Crippen LogP contribution in [-0.4, -0.2) is 35.2 Å². The first-order chi connectivity index (χ1) is 4.43. The Morgan fingerprint density at radius 2 is 2.10 bits per heavy atom. The van der Waals surface area contributed by atoms with E-state index < -0.39 is 0 Å². The second kappa shape index (κ2) is 7.64. The number of hydrogen-bond acceptors (Lipinski definition) is 4. The Kier molecular flexibility index (Phi) is 9.16. The molecule has 0 unspecified atom stereocenters. The number of nitrogens with one attached hydrogen (secondary N) is 1. The first-order valence-electron chi connectivity index (χ1n) is 2.99. The summed E-state index contributed by atoms with van der Waals surface area (Å²) in [6.45, 7) is 4.40. The van der Waals surface area contributed by atoms with Gasteiger partial charge in [-0.25, -0.2) is 4.31 Å². The minimum Gasteiger partial charge on any atom is -1.00 e. The quantitative estimate of drug-likeness (QED) is 0.305. The molecule has 5 heteroatoms. The molecular weight excluding hydrogens is 191 g/mol. The van der Waals surface area contributed by atoms with E-state index in [2.05, 4.69) is 9.62 Å². The van der Waals surface area contributed by atoms with Gasteiger partial charge in [0.05, 0.1) is 0 Å². The van der Waals surface area contributed by atoms with Gasteiger partial charge < -0.3 is 6.74 Å². The fourth-order valence-electron chi connectivity index (χ4n) is 0.811. The Balaban J connectivity index is 0. The van der Waals surface area contributed by atoms with Gasteiger partial charge in [-0.15, -0.1) is 0 Å². The van der Waals surface area contributed by atoms with Crippen molar-refractivity contribution in [3.63, 3.8) is 0 Å². The second-order valence-corrected chi connectivity index (χ2v) is 3.38. The van der Waals surface area contributed by atoms with Gasteiger partial charge in [-0.2, -0.15) is 0 Å². The van der Waals surface area contributed by atoms with E-state index in [-0.39, 0.29) is 52.8 Å². The zero-order valence-electron chi connectivity index (χ0n) is 7.17. The average Bonchev–Trinajstić information content (AvgIpc) is 1.91. The van der Waals surface area contributed by atoms with Crippen LogP contribution in [0.3, 0.4) is 0 Å². The smallest absolute Gasteiger partial charge is 1.00 e. The Morgan fingerprint density at radius 1 is 1.50 bits per heavy atom. The summed E-state index contributed by atoms with van der Waals surface area (Å²) < 4.78 is 3.98. The van der Waals surface area contributed by atoms with E-state index in [4.69, 9.17) is 12.2 Å². The molecule has 0 amide bonds. The third-order valence-corrected chi connectivity index (χ3v) is 2.28. The minimum atomic E-state index is 0. The first-order valence-corrected chi connectivity index (χ1v) is 4.30. The van der Waals surface area contributed by atoms with Gasteiger partial charge in [0, 0.05) is 30.9 Å². The summed E-state index contributed by atoms with van der Waals surface area (Å²) in [5, 5.41) is 3.27. The average molecular weight is 202 g/mol.